The lowest BCUT2D eigenvalue weighted by Crippen LogP contribution is -2.27. The fourth-order valence-corrected chi connectivity index (χ4v) is 9.89. The molecule has 0 radical (unpaired) electrons. The molecule has 0 saturated carbocycles. The Morgan fingerprint density at radius 3 is 1.61 bits per heavy atom. The summed E-state index contributed by atoms with van der Waals surface area (Å²) in [4.78, 5) is 5.00. The van der Waals surface area contributed by atoms with E-state index < -0.39 is 0 Å². The minimum atomic E-state index is -0.178. The smallest absolute Gasteiger partial charge is 0.137 e. The maximum absolute atomic E-state index is 6.56. The van der Waals surface area contributed by atoms with E-state index in [4.69, 9.17) is 4.42 Å². The average molecular weight is 721 g/mol. The van der Waals surface area contributed by atoms with E-state index in [0.29, 0.717) is 0 Å². The highest BCUT2D eigenvalue weighted by Crippen LogP contribution is 2.60. The summed E-state index contributed by atoms with van der Waals surface area (Å²) < 4.78 is 6.56. The van der Waals surface area contributed by atoms with Crippen LogP contribution >= 0.6 is 0 Å². The maximum atomic E-state index is 6.56. The van der Waals surface area contributed by atoms with Crippen molar-refractivity contribution in [2.24, 2.45) is 0 Å². The van der Waals surface area contributed by atoms with E-state index in [2.05, 4.69) is 198 Å². The summed E-state index contributed by atoms with van der Waals surface area (Å²) in [6.45, 7) is 0. The topological polar surface area (TPSA) is 19.6 Å². The van der Waals surface area contributed by atoms with Crippen molar-refractivity contribution in [3.63, 3.8) is 0 Å². The van der Waals surface area contributed by atoms with Gasteiger partial charge in [0.05, 0.1) is 17.1 Å². The summed E-state index contributed by atoms with van der Waals surface area (Å²) in [5.74, 6) is 0. The normalized spacial score (nSPS) is 15.6. The number of para-hydroxylation sites is 4. The van der Waals surface area contributed by atoms with Crippen LogP contribution in [0.25, 0.3) is 33.1 Å². The Morgan fingerprint density at radius 1 is 0.393 bits per heavy atom. The Balaban J connectivity index is 1.17. The third-order valence-electron chi connectivity index (χ3n) is 12.2. The highest BCUT2D eigenvalue weighted by atomic mass is 16.3. The quantitative estimate of drug-likeness (QED) is 0.163. The summed E-state index contributed by atoms with van der Waals surface area (Å²) in [5, 5.41) is 2.27. The predicted molar refractivity (Wildman–Crippen MR) is 232 cm³/mol. The van der Waals surface area contributed by atoms with E-state index in [9.17, 15) is 0 Å². The molecule has 0 aliphatic heterocycles. The monoisotopic (exact) mass is 720 g/mol. The first-order chi connectivity index (χ1) is 27.8. The number of furan rings is 1. The molecule has 11 rings (SSSR count). The lowest BCUT2D eigenvalue weighted by Gasteiger charge is -2.37. The number of aryl methyl sites for hydroxylation is 2. The van der Waals surface area contributed by atoms with Crippen LogP contribution in [-0.2, 0) is 18.3 Å². The Hall–Kier alpha value is -6.84. The van der Waals surface area contributed by atoms with Gasteiger partial charge in [0.2, 0.25) is 0 Å². The third kappa shape index (κ3) is 5.12. The molecule has 1 heterocycles. The lowest BCUT2D eigenvalue weighted by atomic mass is 9.74. The molecular formula is C53H40N2O. The molecule has 3 heteroatoms. The van der Waals surface area contributed by atoms with Crippen molar-refractivity contribution in [2.45, 2.75) is 31.1 Å². The van der Waals surface area contributed by atoms with Gasteiger partial charge in [-0.25, -0.2) is 0 Å². The highest BCUT2D eigenvalue weighted by molar-refractivity contribution is 6.06. The van der Waals surface area contributed by atoms with Crippen LogP contribution in [0.15, 0.2) is 199 Å². The van der Waals surface area contributed by atoms with Gasteiger partial charge in [-0.1, -0.05) is 127 Å². The summed E-state index contributed by atoms with van der Waals surface area (Å²) >= 11 is 0. The first-order valence-corrected chi connectivity index (χ1v) is 19.8. The SMILES string of the molecule is c1ccc(-c2ccccc2N(c2ccc3c(c2)oc2ccccc23)c2cccc3c2[C@]2(CCc4cccc(N(c5ccccc5)c5ccccc5)c42)CC3)cc1. The van der Waals surface area contributed by atoms with E-state index in [1.165, 1.54) is 56.1 Å². The van der Waals surface area contributed by atoms with Crippen LogP contribution in [0.4, 0.5) is 34.1 Å². The second-order valence-electron chi connectivity index (χ2n) is 15.2. The molecular weight excluding hydrogens is 681 g/mol. The predicted octanol–water partition coefficient (Wildman–Crippen LogP) is 14.4. The van der Waals surface area contributed by atoms with E-state index in [1.54, 1.807) is 0 Å². The van der Waals surface area contributed by atoms with Crippen LogP contribution in [0.3, 0.4) is 0 Å². The van der Waals surface area contributed by atoms with Gasteiger partial charge in [-0.05, 0) is 114 Å². The Bertz CT molecular complexity index is 2840. The number of fused-ring (bicyclic) bond motifs is 7. The summed E-state index contributed by atoms with van der Waals surface area (Å²) in [6, 6.07) is 70.5. The number of anilines is 6. The molecule has 2 aliphatic carbocycles. The summed E-state index contributed by atoms with van der Waals surface area (Å²) in [7, 11) is 0. The molecule has 0 bridgehead atoms. The number of hydrogen-bond donors (Lipinski definition) is 0. The molecule has 3 nitrogen and oxygen atoms in total. The first kappa shape index (κ1) is 32.6. The van der Waals surface area contributed by atoms with Gasteiger partial charge in [-0.3, -0.25) is 0 Å². The highest BCUT2D eigenvalue weighted by Gasteiger charge is 2.49. The van der Waals surface area contributed by atoms with Gasteiger partial charge < -0.3 is 14.2 Å². The van der Waals surface area contributed by atoms with Crippen molar-refractivity contribution in [3.8, 4) is 11.1 Å². The summed E-state index contributed by atoms with van der Waals surface area (Å²) in [5.41, 5.74) is 16.8. The van der Waals surface area contributed by atoms with Crippen LogP contribution in [-0.4, -0.2) is 0 Å². The van der Waals surface area contributed by atoms with Crippen LogP contribution in [0.5, 0.6) is 0 Å². The lowest BCUT2D eigenvalue weighted by molar-refractivity contribution is 0.508. The Labute approximate surface area is 327 Å². The number of rotatable bonds is 7. The van der Waals surface area contributed by atoms with Gasteiger partial charge in [0, 0.05) is 44.9 Å². The van der Waals surface area contributed by atoms with E-state index in [-0.39, 0.29) is 5.41 Å². The van der Waals surface area contributed by atoms with Crippen LogP contribution in [0.2, 0.25) is 0 Å². The Morgan fingerprint density at radius 2 is 0.929 bits per heavy atom. The zero-order chi connectivity index (χ0) is 37.1. The molecule has 0 saturated heterocycles. The maximum Gasteiger partial charge on any atom is 0.137 e. The molecule has 1 spiro atoms. The molecule has 0 N–H and O–H groups in total. The van der Waals surface area contributed by atoms with Gasteiger partial charge in [0.25, 0.3) is 0 Å². The van der Waals surface area contributed by atoms with Crippen LogP contribution in [0, 0.1) is 0 Å². The van der Waals surface area contributed by atoms with Gasteiger partial charge >= 0.3 is 0 Å². The second-order valence-corrected chi connectivity index (χ2v) is 15.2. The minimum absolute atomic E-state index is 0.178. The molecule has 268 valence electrons. The number of benzene rings is 8. The van der Waals surface area contributed by atoms with Crippen molar-refractivity contribution < 1.29 is 4.42 Å². The molecule has 9 aromatic rings. The number of nitrogens with zero attached hydrogens (tertiary/aromatic N) is 2. The number of hydrogen-bond acceptors (Lipinski definition) is 3. The van der Waals surface area contributed by atoms with Gasteiger partial charge in [-0.2, -0.15) is 0 Å². The first-order valence-electron chi connectivity index (χ1n) is 19.8. The average Bonchev–Trinajstić information content (AvgIpc) is 3.96. The molecule has 0 unspecified atom stereocenters. The van der Waals surface area contributed by atoms with E-state index in [1.807, 2.05) is 6.07 Å². The fraction of sp³-hybridized carbons (Fsp3) is 0.0943. The van der Waals surface area contributed by atoms with Gasteiger partial charge in [0.15, 0.2) is 0 Å². The molecule has 8 aromatic carbocycles. The van der Waals surface area contributed by atoms with Crippen molar-refractivity contribution in [1.29, 1.82) is 0 Å². The van der Waals surface area contributed by atoms with Crippen LogP contribution in [0.1, 0.15) is 35.1 Å². The molecule has 0 fully saturated rings. The molecule has 0 amide bonds. The Kier molecular flexibility index (Phi) is 7.67. The summed E-state index contributed by atoms with van der Waals surface area (Å²) in [6.07, 6.45) is 4.21. The van der Waals surface area contributed by atoms with Gasteiger partial charge in [0.1, 0.15) is 11.2 Å². The molecule has 1 atom stereocenters. The molecule has 1 aromatic heterocycles. The van der Waals surface area contributed by atoms with Crippen molar-refractivity contribution in [1.82, 2.24) is 0 Å². The van der Waals surface area contributed by atoms with Gasteiger partial charge in [-0.15, -0.1) is 0 Å². The fourth-order valence-electron chi connectivity index (χ4n) is 9.89. The van der Waals surface area contributed by atoms with E-state index in [0.717, 1.165) is 59.0 Å². The van der Waals surface area contributed by atoms with Crippen molar-refractivity contribution in [2.75, 3.05) is 9.80 Å². The second kappa shape index (κ2) is 13.2. The molecule has 2 aliphatic rings. The zero-order valence-corrected chi connectivity index (χ0v) is 31.1. The minimum Gasteiger partial charge on any atom is -0.456 e. The standard InChI is InChI=1S/C53H40N2O/c1-4-16-37(17-5-1)43-24-10-12-26-46(43)55(42-30-31-45-44-25-11-13-29-49(44)56-50(45)36-42)48-28-15-19-39-33-35-53(52(39)48)34-32-38-18-14-27-47(51(38)53)54(40-20-6-2-7-21-40)41-22-8-3-9-23-41/h1-31,36H,32-35H2/t53-/m1/s1. The van der Waals surface area contributed by atoms with Crippen LogP contribution < -0.4 is 9.80 Å². The van der Waals surface area contributed by atoms with E-state index >= 15 is 0 Å². The largest absolute Gasteiger partial charge is 0.456 e. The van der Waals surface area contributed by atoms with Crippen molar-refractivity contribution >= 4 is 56.1 Å². The zero-order valence-electron chi connectivity index (χ0n) is 31.1. The van der Waals surface area contributed by atoms with Crippen molar-refractivity contribution in [3.05, 3.63) is 216 Å². The molecule has 56 heavy (non-hydrogen) atoms. The third-order valence-corrected chi connectivity index (χ3v) is 12.2.